The van der Waals surface area contributed by atoms with Gasteiger partial charge in [0.25, 0.3) is 0 Å². The fraction of sp³-hybridized carbons (Fsp3) is 0.500. The van der Waals surface area contributed by atoms with Crippen molar-refractivity contribution in [1.29, 1.82) is 0 Å². The molecule has 0 aromatic carbocycles. The van der Waals surface area contributed by atoms with Crippen LogP contribution < -0.4 is 11.7 Å². The molecule has 0 aliphatic carbocycles. The highest BCUT2D eigenvalue weighted by atomic mass is 15.4. The third-order valence-electron chi connectivity index (χ3n) is 0.249. The highest BCUT2D eigenvalue weighted by Crippen LogP contribution is 1.49. The summed E-state index contributed by atoms with van der Waals surface area (Å²) in [5.41, 5.74) is 0. The summed E-state index contributed by atoms with van der Waals surface area (Å²) in [4.78, 5) is 0. The number of hydrazine groups is 1. The van der Waals surface area contributed by atoms with Crippen LogP contribution in [0.4, 0.5) is 0 Å². The zero-order chi connectivity index (χ0) is 4.99. The Balaban J connectivity index is 3.03. The van der Waals surface area contributed by atoms with Gasteiger partial charge in [-0.1, -0.05) is 0 Å². The van der Waals surface area contributed by atoms with Gasteiger partial charge >= 0.3 is 0 Å². The van der Waals surface area contributed by atoms with Gasteiger partial charge in [-0.2, -0.15) is 5.10 Å². The lowest BCUT2D eigenvalue weighted by Crippen LogP contribution is -2.24. The van der Waals surface area contributed by atoms with Crippen molar-refractivity contribution in [2.24, 2.45) is 16.8 Å². The molecule has 4 N–H and O–H groups in total. The third kappa shape index (κ3) is 3.23. The molecule has 0 aromatic heterocycles. The zero-order valence-electron chi connectivity index (χ0n) is 3.63. The molecule has 0 spiro atoms. The Morgan fingerprint density at radius 3 is 2.33 bits per heavy atom. The van der Waals surface area contributed by atoms with Crippen molar-refractivity contribution in [3.05, 3.63) is 0 Å². The number of rotatable bonds is 1. The number of hydrogen-bond donors (Lipinski definition) is 2. The molecule has 0 heterocycles. The predicted octanol–water partition coefficient (Wildman–Crippen LogP) is -1.31. The molecule has 0 rings (SSSR count). The molecule has 0 saturated carbocycles. The first kappa shape index (κ1) is 5.23. The smallest absolute Gasteiger partial charge is 0.124 e. The summed E-state index contributed by atoms with van der Waals surface area (Å²) in [6.45, 7) is 0. The highest BCUT2D eigenvalue weighted by molar-refractivity contribution is 5.52. The molecule has 0 fully saturated rings. The van der Waals surface area contributed by atoms with Crippen LogP contribution in [0.15, 0.2) is 5.10 Å². The Morgan fingerprint density at radius 2 is 2.33 bits per heavy atom. The first-order valence-electron chi connectivity index (χ1n) is 1.48. The van der Waals surface area contributed by atoms with Gasteiger partial charge in [0, 0.05) is 7.05 Å². The van der Waals surface area contributed by atoms with Gasteiger partial charge in [0.05, 0.1) is 0 Å². The quantitative estimate of drug-likeness (QED) is 0.181. The standard InChI is InChI=1S/C2H8N4/c1-6(4)2-5-3/h2H,3-4H2,1H3/b5-2+. The number of nitrogens with two attached hydrogens (primary N) is 2. The van der Waals surface area contributed by atoms with E-state index in [0.29, 0.717) is 0 Å². The van der Waals surface area contributed by atoms with Crippen LogP contribution in [0.3, 0.4) is 0 Å². The average Bonchev–Trinajstić information content (AvgIpc) is 1.35. The Bertz CT molecular complexity index is 47.5. The van der Waals surface area contributed by atoms with Crippen LogP contribution in [0.1, 0.15) is 0 Å². The van der Waals surface area contributed by atoms with E-state index in [1.807, 2.05) is 0 Å². The van der Waals surface area contributed by atoms with E-state index in [2.05, 4.69) is 10.9 Å². The maximum atomic E-state index is 5.01. The molecule has 0 aliphatic heterocycles. The lowest BCUT2D eigenvalue weighted by Gasteiger charge is -1.97. The topological polar surface area (TPSA) is 67.6 Å². The van der Waals surface area contributed by atoms with Crippen molar-refractivity contribution < 1.29 is 0 Å². The van der Waals surface area contributed by atoms with Crippen LogP contribution in [0.25, 0.3) is 0 Å². The van der Waals surface area contributed by atoms with Gasteiger partial charge in [0.15, 0.2) is 0 Å². The summed E-state index contributed by atoms with van der Waals surface area (Å²) in [5, 5.41) is 4.38. The van der Waals surface area contributed by atoms with Crippen molar-refractivity contribution >= 4 is 6.34 Å². The highest BCUT2D eigenvalue weighted by Gasteiger charge is 1.68. The summed E-state index contributed by atoms with van der Waals surface area (Å²) in [6.07, 6.45) is 1.31. The fourth-order valence-electron chi connectivity index (χ4n) is 0.105. The Hall–Kier alpha value is -0.770. The Labute approximate surface area is 36.4 Å². The molecule has 0 amide bonds. The Kier molecular flexibility index (Phi) is 2.15. The molecule has 36 valence electrons. The molecule has 0 radical (unpaired) electrons. The summed E-state index contributed by atoms with van der Waals surface area (Å²) in [5.74, 6) is 9.68. The van der Waals surface area contributed by atoms with Gasteiger partial charge in [0.2, 0.25) is 0 Å². The second-order valence-corrected chi connectivity index (χ2v) is 0.930. The molecule has 0 saturated heterocycles. The number of hydrogen-bond acceptors (Lipinski definition) is 3. The monoisotopic (exact) mass is 88.1 g/mol. The molecule has 6 heavy (non-hydrogen) atoms. The summed E-state index contributed by atoms with van der Waals surface area (Å²) < 4.78 is 0. The molecule has 4 nitrogen and oxygen atoms in total. The Morgan fingerprint density at radius 1 is 1.83 bits per heavy atom. The van der Waals surface area contributed by atoms with Gasteiger partial charge < -0.3 is 10.9 Å². The second kappa shape index (κ2) is 2.47. The molecule has 0 unspecified atom stereocenters. The molecule has 0 aliphatic rings. The number of hydrazone groups is 1. The summed E-state index contributed by atoms with van der Waals surface area (Å²) >= 11 is 0. The molecule has 0 aromatic rings. The van der Waals surface area contributed by atoms with Crippen molar-refractivity contribution in [2.45, 2.75) is 0 Å². The van der Waals surface area contributed by atoms with Crippen molar-refractivity contribution in [3.63, 3.8) is 0 Å². The summed E-state index contributed by atoms with van der Waals surface area (Å²) in [7, 11) is 1.64. The number of nitrogens with zero attached hydrogens (tertiary/aromatic N) is 2. The largest absolute Gasteiger partial charge is 0.322 e. The van der Waals surface area contributed by atoms with Crippen LogP contribution in [0, 0.1) is 0 Å². The second-order valence-electron chi connectivity index (χ2n) is 0.930. The lowest BCUT2D eigenvalue weighted by molar-refractivity contribution is 0.554. The van der Waals surface area contributed by atoms with Crippen LogP contribution >= 0.6 is 0 Å². The first-order valence-corrected chi connectivity index (χ1v) is 1.48. The van der Waals surface area contributed by atoms with E-state index in [1.54, 1.807) is 7.05 Å². The molecular weight excluding hydrogens is 80.1 g/mol. The van der Waals surface area contributed by atoms with E-state index in [0.717, 1.165) is 0 Å². The molecule has 0 atom stereocenters. The van der Waals surface area contributed by atoms with E-state index in [4.69, 9.17) is 5.84 Å². The van der Waals surface area contributed by atoms with Gasteiger partial charge in [-0.15, -0.1) is 0 Å². The van der Waals surface area contributed by atoms with Crippen LogP contribution in [0.2, 0.25) is 0 Å². The van der Waals surface area contributed by atoms with Gasteiger partial charge in [-0.3, -0.25) is 0 Å². The fourth-order valence-corrected chi connectivity index (χ4v) is 0.105. The van der Waals surface area contributed by atoms with Crippen molar-refractivity contribution in [1.82, 2.24) is 5.01 Å². The van der Waals surface area contributed by atoms with E-state index in [-0.39, 0.29) is 0 Å². The maximum absolute atomic E-state index is 5.01. The SMILES string of the molecule is CN(N)/C=N/N. The normalized spacial score (nSPS) is 9.67. The van der Waals surface area contributed by atoms with E-state index in [1.165, 1.54) is 11.3 Å². The van der Waals surface area contributed by atoms with Crippen LogP contribution in [-0.2, 0) is 0 Å². The summed E-state index contributed by atoms with van der Waals surface area (Å²) in [6, 6.07) is 0. The van der Waals surface area contributed by atoms with E-state index in [9.17, 15) is 0 Å². The predicted molar refractivity (Wildman–Crippen MR) is 24.6 cm³/mol. The van der Waals surface area contributed by atoms with Gasteiger partial charge in [-0.05, 0) is 0 Å². The molecule has 4 heteroatoms. The third-order valence-corrected chi connectivity index (χ3v) is 0.249. The molecular formula is C2H8N4. The van der Waals surface area contributed by atoms with Gasteiger partial charge in [-0.25, -0.2) is 5.84 Å². The minimum absolute atomic E-state index is 1.26. The minimum Gasteiger partial charge on any atom is -0.322 e. The van der Waals surface area contributed by atoms with Crippen LogP contribution in [-0.4, -0.2) is 18.4 Å². The van der Waals surface area contributed by atoms with Gasteiger partial charge in [0.1, 0.15) is 6.34 Å². The minimum atomic E-state index is 1.26. The molecule has 0 bridgehead atoms. The van der Waals surface area contributed by atoms with Crippen molar-refractivity contribution in [2.75, 3.05) is 7.05 Å². The van der Waals surface area contributed by atoms with Crippen LogP contribution in [0.5, 0.6) is 0 Å². The maximum Gasteiger partial charge on any atom is 0.124 e. The van der Waals surface area contributed by atoms with E-state index >= 15 is 0 Å². The van der Waals surface area contributed by atoms with E-state index < -0.39 is 0 Å². The van der Waals surface area contributed by atoms with Crippen molar-refractivity contribution in [3.8, 4) is 0 Å². The lowest BCUT2D eigenvalue weighted by atomic mass is 11.1. The average molecular weight is 88.1 g/mol. The first-order chi connectivity index (χ1) is 2.77. The zero-order valence-corrected chi connectivity index (χ0v) is 3.63.